The molecular weight excluding hydrogens is 334 g/mol. The highest BCUT2D eigenvalue weighted by Crippen LogP contribution is 2.29. The number of hydrazone groups is 1. The summed E-state index contributed by atoms with van der Waals surface area (Å²) < 4.78 is 0. The van der Waals surface area contributed by atoms with E-state index in [1.165, 1.54) is 23.1 Å². The van der Waals surface area contributed by atoms with E-state index in [1.807, 2.05) is 0 Å². The van der Waals surface area contributed by atoms with Gasteiger partial charge >= 0.3 is 5.97 Å². The first-order chi connectivity index (χ1) is 11.4. The van der Waals surface area contributed by atoms with E-state index in [9.17, 15) is 19.5 Å². The van der Waals surface area contributed by atoms with Crippen LogP contribution in [-0.2, 0) is 9.59 Å². The minimum absolute atomic E-state index is 0.0357. The molecule has 0 aromatic heterocycles. The van der Waals surface area contributed by atoms with Crippen molar-refractivity contribution < 1.29 is 24.6 Å². The third kappa shape index (κ3) is 3.93. The second kappa shape index (κ2) is 7.64. The number of amides is 2. The third-order valence-corrected chi connectivity index (χ3v) is 4.27. The normalized spacial score (nSPS) is 18.7. The highest BCUT2D eigenvalue weighted by Gasteiger charge is 2.38. The molecule has 1 aromatic rings. The Balaban J connectivity index is 2.15. The van der Waals surface area contributed by atoms with E-state index in [2.05, 4.69) is 17.1 Å². The quantitative estimate of drug-likeness (QED) is 0.521. The number of carboxylic acids is 1. The average Bonchev–Trinajstić information content (AvgIpc) is 2.82. The first-order valence-electron chi connectivity index (χ1n) is 6.90. The lowest BCUT2D eigenvalue weighted by molar-refractivity contribution is -0.139. The maximum absolute atomic E-state index is 12.2. The van der Waals surface area contributed by atoms with Crippen LogP contribution in [0.4, 0.5) is 0 Å². The maximum Gasteiger partial charge on any atom is 0.305 e. The van der Waals surface area contributed by atoms with Gasteiger partial charge in [-0.15, -0.1) is 11.7 Å². The molecule has 24 heavy (non-hydrogen) atoms. The Morgan fingerprint density at radius 2 is 2.12 bits per heavy atom. The van der Waals surface area contributed by atoms with Crippen LogP contribution in [0.15, 0.2) is 42.0 Å². The molecule has 0 radical (unpaired) electrons. The van der Waals surface area contributed by atoms with Crippen molar-refractivity contribution in [2.75, 3.05) is 6.54 Å². The van der Waals surface area contributed by atoms with E-state index in [0.717, 1.165) is 11.8 Å². The number of nitrogens with one attached hydrogen (secondary N) is 1. The molecule has 2 rings (SSSR count). The Hall–Kier alpha value is -2.81. The predicted molar refractivity (Wildman–Crippen MR) is 88.5 cm³/mol. The van der Waals surface area contributed by atoms with Crippen molar-refractivity contribution in [2.45, 2.75) is 11.7 Å². The molecule has 8 nitrogen and oxygen atoms in total. The Bertz CT molecular complexity index is 719. The summed E-state index contributed by atoms with van der Waals surface area (Å²) in [4.78, 5) is 36.3. The molecule has 1 aromatic carbocycles. The number of carbonyl (C=O) groups is 3. The Kier molecular flexibility index (Phi) is 5.59. The van der Waals surface area contributed by atoms with E-state index in [0.29, 0.717) is 0 Å². The number of nitrogens with zero attached hydrogens (tertiary/aromatic N) is 2. The summed E-state index contributed by atoms with van der Waals surface area (Å²) in [6, 6.07) is 5.95. The molecule has 0 spiro atoms. The fourth-order valence-electron chi connectivity index (χ4n) is 2.01. The Morgan fingerprint density at radius 1 is 1.42 bits per heavy atom. The number of phenols is 1. The molecule has 2 amide bonds. The second-order valence-corrected chi connectivity index (χ2v) is 5.96. The summed E-state index contributed by atoms with van der Waals surface area (Å²) in [5, 5.41) is 21.7. The van der Waals surface area contributed by atoms with E-state index >= 15 is 0 Å². The number of carbonyl (C=O) groups excluding carboxylic acids is 2. The number of aromatic hydroxyl groups is 1. The fraction of sp³-hybridized carbons (Fsp3) is 0.200. The number of phenolic OH excluding ortho intramolecular Hbond substituents is 1. The molecule has 1 atom stereocenters. The number of benzene rings is 1. The number of para-hydroxylation sites is 1. The third-order valence-electron chi connectivity index (χ3n) is 3.09. The number of aliphatic carboxylic acids is 1. The van der Waals surface area contributed by atoms with Crippen LogP contribution in [0.1, 0.15) is 16.8 Å². The van der Waals surface area contributed by atoms with Crippen molar-refractivity contribution in [3.05, 3.63) is 42.5 Å². The lowest BCUT2D eigenvalue weighted by atomic mass is 10.2. The van der Waals surface area contributed by atoms with Crippen molar-refractivity contribution in [3.8, 4) is 5.75 Å². The zero-order chi connectivity index (χ0) is 17.7. The molecule has 1 saturated heterocycles. The van der Waals surface area contributed by atoms with Gasteiger partial charge in [-0.25, -0.2) is 5.43 Å². The maximum atomic E-state index is 12.2. The molecule has 1 heterocycles. The van der Waals surface area contributed by atoms with Crippen LogP contribution < -0.4 is 5.43 Å². The molecule has 9 heteroatoms. The number of rotatable bonds is 6. The minimum Gasteiger partial charge on any atom is -0.507 e. The number of hydrogen-bond donors (Lipinski definition) is 3. The van der Waals surface area contributed by atoms with Crippen molar-refractivity contribution in [3.63, 3.8) is 0 Å². The summed E-state index contributed by atoms with van der Waals surface area (Å²) in [7, 11) is 0. The summed E-state index contributed by atoms with van der Waals surface area (Å²) in [5.41, 5.74) is 2.29. The first kappa shape index (κ1) is 17.5. The van der Waals surface area contributed by atoms with Crippen LogP contribution >= 0.6 is 11.8 Å². The van der Waals surface area contributed by atoms with Crippen LogP contribution in [-0.4, -0.2) is 49.9 Å². The van der Waals surface area contributed by atoms with Crippen LogP contribution in [0, 0.1) is 0 Å². The van der Waals surface area contributed by atoms with Gasteiger partial charge in [0.05, 0.1) is 12.0 Å². The lowest BCUT2D eigenvalue weighted by Gasteiger charge is -2.13. The van der Waals surface area contributed by atoms with Crippen molar-refractivity contribution in [2.24, 2.45) is 5.10 Å². The predicted octanol–water partition coefficient (Wildman–Crippen LogP) is 0.998. The molecule has 1 aliphatic rings. The van der Waals surface area contributed by atoms with Crippen molar-refractivity contribution >= 4 is 34.7 Å². The van der Waals surface area contributed by atoms with E-state index in [-0.39, 0.29) is 29.4 Å². The van der Waals surface area contributed by atoms with Gasteiger partial charge in [-0.1, -0.05) is 30.0 Å². The highest BCUT2D eigenvalue weighted by molar-refractivity contribution is 8.15. The van der Waals surface area contributed by atoms with Gasteiger partial charge in [-0.3, -0.25) is 19.3 Å². The topological polar surface area (TPSA) is 119 Å². The highest BCUT2D eigenvalue weighted by atomic mass is 32.2. The second-order valence-electron chi connectivity index (χ2n) is 4.79. The Labute approximate surface area is 141 Å². The van der Waals surface area contributed by atoms with Crippen LogP contribution in [0.2, 0.25) is 0 Å². The fourth-order valence-corrected chi connectivity index (χ4v) is 3.10. The number of thioether (sulfide) groups is 1. The van der Waals surface area contributed by atoms with Gasteiger partial charge in [0.2, 0.25) is 5.91 Å². The lowest BCUT2D eigenvalue weighted by Crippen LogP contribution is -2.34. The number of hydrogen-bond acceptors (Lipinski definition) is 6. The van der Waals surface area contributed by atoms with Crippen LogP contribution in [0.5, 0.6) is 5.75 Å². The monoisotopic (exact) mass is 349 g/mol. The van der Waals surface area contributed by atoms with Crippen LogP contribution in [0.25, 0.3) is 0 Å². The molecule has 1 fully saturated rings. The number of amidine groups is 1. The largest absolute Gasteiger partial charge is 0.507 e. The Morgan fingerprint density at radius 3 is 2.75 bits per heavy atom. The molecular formula is C15H15N3O5S. The average molecular weight is 349 g/mol. The van der Waals surface area contributed by atoms with Crippen molar-refractivity contribution in [1.29, 1.82) is 0 Å². The van der Waals surface area contributed by atoms with Gasteiger partial charge in [0.15, 0.2) is 5.17 Å². The zero-order valence-corrected chi connectivity index (χ0v) is 13.3. The molecule has 126 valence electrons. The van der Waals surface area contributed by atoms with Crippen LogP contribution in [0.3, 0.4) is 0 Å². The summed E-state index contributed by atoms with van der Waals surface area (Å²) in [5.74, 6) is -2.34. The summed E-state index contributed by atoms with van der Waals surface area (Å²) in [6.07, 6.45) is 1.13. The SMILES string of the molecule is C=CCN1C(=O)C(CC(=O)O)SC1=NNC(=O)c1ccccc1O. The van der Waals surface area contributed by atoms with Gasteiger partial charge in [0.1, 0.15) is 11.0 Å². The first-order valence-corrected chi connectivity index (χ1v) is 7.78. The van der Waals surface area contributed by atoms with Gasteiger partial charge in [0, 0.05) is 6.54 Å². The smallest absolute Gasteiger partial charge is 0.305 e. The number of carboxylic acid groups (broad SMARTS) is 1. The summed E-state index contributed by atoms with van der Waals surface area (Å²) >= 11 is 0.957. The van der Waals surface area contributed by atoms with E-state index in [4.69, 9.17) is 5.11 Å². The molecule has 1 aliphatic heterocycles. The molecule has 0 saturated carbocycles. The van der Waals surface area contributed by atoms with Gasteiger partial charge in [-0.05, 0) is 12.1 Å². The molecule has 3 N–H and O–H groups in total. The molecule has 0 bridgehead atoms. The molecule has 0 aliphatic carbocycles. The van der Waals surface area contributed by atoms with Gasteiger partial charge < -0.3 is 10.2 Å². The zero-order valence-electron chi connectivity index (χ0n) is 12.5. The summed E-state index contributed by atoms with van der Waals surface area (Å²) in [6.45, 7) is 3.68. The molecule has 1 unspecified atom stereocenters. The van der Waals surface area contributed by atoms with Gasteiger partial charge in [-0.2, -0.15) is 0 Å². The standard InChI is InChI=1S/C15H15N3O5S/c1-2-7-18-14(23)11(8-12(20)21)24-15(18)17-16-13(22)9-5-3-4-6-10(9)19/h2-6,11,19H,1,7-8H2,(H,16,22)(H,20,21). The minimum atomic E-state index is -1.10. The van der Waals surface area contributed by atoms with E-state index < -0.39 is 23.0 Å². The van der Waals surface area contributed by atoms with E-state index in [1.54, 1.807) is 12.1 Å². The van der Waals surface area contributed by atoms with Crippen molar-refractivity contribution in [1.82, 2.24) is 10.3 Å². The van der Waals surface area contributed by atoms with Gasteiger partial charge in [0.25, 0.3) is 5.91 Å².